The maximum atomic E-state index is 11.4. The van der Waals surface area contributed by atoms with Gasteiger partial charge in [0.05, 0.1) is 18.2 Å². The Morgan fingerprint density at radius 3 is 3.12 bits per heavy atom. The average molecular weight is 354 g/mol. The minimum atomic E-state index is -0.336. The second kappa shape index (κ2) is 8.24. The van der Waals surface area contributed by atoms with Crippen molar-refractivity contribution in [2.75, 3.05) is 33.3 Å². The van der Waals surface area contributed by atoms with Gasteiger partial charge in [-0.25, -0.2) is 4.79 Å². The van der Waals surface area contributed by atoms with Crippen LogP contribution in [0.3, 0.4) is 0 Å². The molecule has 1 aliphatic carbocycles. The van der Waals surface area contributed by atoms with Crippen LogP contribution in [0, 0.1) is 17.2 Å². The van der Waals surface area contributed by atoms with Crippen LogP contribution in [0.25, 0.3) is 10.9 Å². The Morgan fingerprint density at radius 2 is 2.35 bits per heavy atom. The molecule has 0 aliphatic heterocycles. The number of carbonyl (C=O) groups excluding carboxylic acids is 1. The molecule has 26 heavy (non-hydrogen) atoms. The number of likely N-dealkylation sites (N-methyl/N-ethyl adjacent to an activating group) is 1. The fourth-order valence-electron chi connectivity index (χ4n) is 3.44. The molecule has 0 spiro atoms. The lowest BCUT2D eigenvalue weighted by molar-refractivity contribution is 0.145. The van der Waals surface area contributed by atoms with Crippen molar-refractivity contribution in [3.8, 4) is 6.07 Å². The zero-order valence-electron chi connectivity index (χ0n) is 15.4. The maximum Gasteiger partial charge on any atom is 0.407 e. The van der Waals surface area contributed by atoms with Crippen LogP contribution in [0.4, 0.5) is 4.79 Å². The number of hydrogen-bond donors (Lipinski definition) is 2. The Labute approximate surface area is 154 Å². The number of nitrogens with one attached hydrogen (secondary N) is 2. The van der Waals surface area contributed by atoms with Crippen molar-refractivity contribution >= 4 is 17.0 Å². The zero-order chi connectivity index (χ0) is 18.5. The van der Waals surface area contributed by atoms with Gasteiger partial charge in [0.2, 0.25) is 0 Å². The highest BCUT2D eigenvalue weighted by molar-refractivity contribution is 5.85. The number of carbonyl (C=O) groups is 1. The first-order valence-electron chi connectivity index (χ1n) is 9.22. The van der Waals surface area contributed by atoms with E-state index in [0.29, 0.717) is 30.6 Å². The van der Waals surface area contributed by atoms with E-state index in [4.69, 9.17) is 10.00 Å². The molecule has 138 valence electrons. The van der Waals surface area contributed by atoms with Crippen LogP contribution in [0.5, 0.6) is 0 Å². The predicted molar refractivity (Wildman–Crippen MR) is 101 cm³/mol. The number of alkyl carbamates (subject to hydrolysis) is 1. The van der Waals surface area contributed by atoms with Crippen LogP contribution in [-0.4, -0.2) is 49.3 Å². The summed E-state index contributed by atoms with van der Waals surface area (Å²) in [6.07, 6.45) is 3.75. The smallest absolute Gasteiger partial charge is 0.407 e. The van der Waals surface area contributed by atoms with Crippen LogP contribution in [0.1, 0.15) is 36.8 Å². The number of aromatic amines is 1. The average Bonchev–Trinajstić information content (AvgIpc) is 3.26. The highest BCUT2D eigenvalue weighted by Crippen LogP contribution is 2.49. The lowest BCUT2D eigenvalue weighted by Gasteiger charge is -2.16. The van der Waals surface area contributed by atoms with Crippen molar-refractivity contribution in [3.63, 3.8) is 0 Å². The third kappa shape index (κ3) is 4.36. The van der Waals surface area contributed by atoms with E-state index in [-0.39, 0.29) is 6.09 Å². The first-order valence-corrected chi connectivity index (χ1v) is 9.22. The highest BCUT2D eigenvalue weighted by atomic mass is 16.5. The van der Waals surface area contributed by atoms with Gasteiger partial charge in [0.25, 0.3) is 0 Å². The number of rotatable bonds is 8. The van der Waals surface area contributed by atoms with Gasteiger partial charge in [0.15, 0.2) is 0 Å². The molecule has 6 nitrogen and oxygen atoms in total. The number of nitrogens with zero attached hydrogens (tertiary/aromatic N) is 2. The van der Waals surface area contributed by atoms with Gasteiger partial charge in [-0.1, -0.05) is 6.92 Å². The molecule has 1 aromatic carbocycles. The highest BCUT2D eigenvalue weighted by Gasteiger charge is 2.40. The van der Waals surface area contributed by atoms with Gasteiger partial charge < -0.3 is 19.9 Å². The summed E-state index contributed by atoms with van der Waals surface area (Å²) in [5.41, 5.74) is 3.11. The summed E-state index contributed by atoms with van der Waals surface area (Å²) >= 11 is 0. The van der Waals surface area contributed by atoms with Gasteiger partial charge in [0, 0.05) is 36.7 Å². The van der Waals surface area contributed by atoms with E-state index in [9.17, 15) is 4.79 Å². The molecule has 0 bridgehead atoms. The van der Waals surface area contributed by atoms with Crippen molar-refractivity contribution in [1.29, 1.82) is 5.26 Å². The number of fused-ring (bicyclic) bond motifs is 1. The molecule has 1 fully saturated rings. The van der Waals surface area contributed by atoms with Crippen molar-refractivity contribution in [2.24, 2.45) is 5.92 Å². The molecule has 1 aromatic heterocycles. The molecule has 1 amide bonds. The van der Waals surface area contributed by atoms with E-state index in [1.807, 2.05) is 25.1 Å². The van der Waals surface area contributed by atoms with Crippen molar-refractivity contribution in [2.45, 2.75) is 25.7 Å². The maximum absolute atomic E-state index is 11.4. The lowest BCUT2D eigenvalue weighted by atomic mass is 10.1. The van der Waals surface area contributed by atoms with Gasteiger partial charge in [-0.3, -0.25) is 0 Å². The molecule has 2 unspecified atom stereocenters. The Morgan fingerprint density at radius 1 is 1.50 bits per heavy atom. The second-order valence-electron chi connectivity index (χ2n) is 7.04. The fraction of sp³-hybridized carbons (Fsp3) is 0.500. The summed E-state index contributed by atoms with van der Waals surface area (Å²) in [5.74, 6) is 1.17. The molecular formula is C20H26N4O2. The summed E-state index contributed by atoms with van der Waals surface area (Å²) in [6, 6.07) is 8.02. The van der Waals surface area contributed by atoms with E-state index >= 15 is 0 Å². The summed E-state index contributed by atoms with van der Waals surface area (Å²) < 4.78 is 5.00. The van der Waals surface area contributed by atoms with Crippen LogP contribution in [0.15, 0.2) is 24.4 Å². The number of amides is 1. The zero-order valence-corrected chi connectivity index (χ0v) is 15.4. The van der Waals surface area contributed by atoms with E-state index < -0.39 is 0 Å². The van der Waals surface area contributed by atoms with Crippen LogP contribution >= 0.6 is 0 Å². The normalized spacial score (nSPS) is 18.7. The van der Waals surface area contributed by atoms with Gasteiger partial charge >= 0.3 is 6.09 Å². The Hall–Kier alpha value is -2.52. The molecule has 2 N–H and O–H groups in total. The summed E-state index contributed by atoms with van der Waals surface area (Å²) in [6.45, 7) is 4.83. The predicted octanol–water partition coefficient (Wildman–Crippen LogP) is 3.21. The quantitative estimate of drug-likeness (QED) is 0.763. The molecule has 2 aromatic rings. The summed E-state index contributed by atoms with van der Waals surface area (Å²) in [7, 11) is 2.08. The Bertz CT molecular complexity index is 808. The van der Waals surface area contributed by atoms with Crippen LogP contribution < -0.4 is 5.32 Å². The molecule has 1 heterocycles. The van der Waals surface area contributed by atoms with Crippen LogP contribution in [-0.2, 0) is 4.74 Å². The molecule has 2 atom stereocenters. The number of aromatic nitrogens is 1. The second-order valence-corrected chi connectivity index (χ2v) is 7.04. The van der Waals surface area contributed by atoms with Crippen molar-refractivity contribution in [1.82, 2.24) is 15.2 Å². The molecule has 1 saturated carbocycles. The monoisotopic (exact) mass is 354 g/mol. The van der Waals surface area contributed by atoms with Crippen molar-refractivity contribution < 1.29 is 9.53 Å². The Balaban J connectivity index is 1.47. The fourth-order valence-corrected chi connectivity index (χ4v) is 3.44. The van der Waals surface area contributed by atoms with Crippen LogP contribution in [0.2, 0.25) is 0 Å². The van der Waals surface area contributed by atoms with Crippen molar-refractivity contribution in [3.05, 3.63) is 35.5 Å². The van der Waals surface area contributed by atoms with E-state index in [1.165, 1.54) is 17.4 Å². The summed E-state index contributed by atoms with van der Waals surface area (Å²) in [4.78, 5) is 17.0. The lowest BCUT2D eigenvalue weighted by Crippen LogP contribution is -2.34. The first kappa shape index (κ1) is 18.3. The van der Waals surface area contributed by atoms with Gasteiger partial charge in [-0.05, 0) is 55.5 Å². The van der Waals surface area contributed by atoms with E-state index in [2.05, 4.69) is 34.5 Å². The molecule has 0 radical (unpaired) electrons. The Kier molecular flexibility index (Phi) is 5.79. The van der Waals surface area contributed by atoms with Gasteiger partial charge in [-0.15, -0.1) is 0 Å². The number of nitriles is 1. The number of H-pyrrole nitrogens is 1. The minimum absolute atomic E-state index is 0.336. The molecule has 6 heteroatoms. The minimum Gasteiger partial charge on any atom is -0.450 e. The number of hydrogen-bond acceptors (Lipinski definition) is 4. The van der Waals surface area contributed by atoms with E-state index in [0.717, 1.165) is 25.0 Å². The first-order chi connectivity index (χ1) is 12.6. The SMILES string of the molecule is CCCOC(=O)NCCN(C)CC1CC1c1c[nH]c2ccc(C#N)cc12. The third-order valence-corrected chi connectivity index (χ3v) is 4.91. The largest absolute Gasteiger partial charge is 0.450 e. The molecule has 0 saturated heterocycles. The molecule has 3 rings (SSSR count). The number of ether oxygens (including phenoxy) is 1. The third-order valence-electron chi connectivity index (χ3n) is 4.91. The van der Waals surface area contributed by atoms with Gasteiger partial charge in [-0.2, -0.15) is 5.26 Å². The standard InChI is InChI=1S/C20H26N4O2/c1-3-8-26-20(25)22-6-7-24(2)13-15-10-16(15)18-12-23-19-5-4-14(11-21)9-17(18)19/h4-5,9,12,15-16,23H,3,6-8,10,13H2,1-2H3,(H,22,25). The topological polar surface area (TPSA) is 81.2 Å². The molecular weight excluding hydrogens is 328 g/mol. The molecule has 1 aliphatic rings. The summed E-state index contributed by atoms with van der Waals surface area (Å²) in [5, 5.41) is 13.1. The number of benzene rings is 1. The van der Waals surface area contributed by atoms with Gasteiger partial charge in [0.1, 0.15) is 0 Å². The van der Waals surface area contributed by atoms with E-state index in [1.54, 1.807) is 0 Å².